The Morgan fingerprint density at radius 3 is 2.78 bits per heavy atom. The molecular formula is C16H19N3O3S. The molecule has 0 bridgehead atoms. The monoisotopic (exact) mass is 333 g/mol. The van der Waals surface area contributed by atoms with Crippen molar-refractivity contribution in [2.24, 2.45) is 5.92 Å². The van der Waals surface area contributed by atoms with E-state index in [2.05, 4.69) is 11.9 Å². The number of likely N-dealkylation sites (tertiary alicyclic amines) is 1. The van der Waals surface area contributed by atoms with E-state index in [0.29, 0.717) is 23.9 Å². The van der Waals surface area contributed by atoms with Crippen LogP contribution in [-0.2, 0) is 9.59 Å². The molecule has 2 aliphatic heterocycles. The van der Waals surface area contributed by atoms with Gasteiger partial charge in [0.15, 0.2) is 0 Å². The maximum absolute atomic E-state index is 12.3. The number of amides is 3. The standard InChI is InChI=1S/C16H19N3O3S/c1-11-4-7-18(8-5-11)14(20)10-19-15(21)13(23-16(19)22)9-12-3-2-6-17-12/h2-3,6,9,11,17H,4-5,7-8,10H2,1H3/b13-9+. The van der Waals surface area contributed by atoms with Gasteiger partial charge in [0.25, 0.3) is 11.1 Å². The second kappa shape index (κ2) is 6.62. The van der Waals surface area contributed by atoms with Crippen molar-refractivity contribution in [3.05, 3.63) is 28.9 Å². The second-order valence-corrected chi connectivity index (χ2v) is 6.95. The molecule has 6 nitrogen and oxygen atoms in total. The number of carbonyl (C=O) groups is 3. The van der Waals surface area contributed by atoms with Gasteiger partial charge in [0, 0.05) is 25.0 Å². The molecule has 1 aromatic heterocycles. The predicted octanol–water partition coefficient (Wildman–Crippen LogP) is 2.31. The first-order chi connectivity index (χ1) is 11.0. The van der Waals surface area contributed by atoms with Gasteiger partial charge in [-0.3, -0.25) is 19.3 Å². The SMILES string of the molecule is CC1CCN(C(=O)CN2C(=O)S/C(=C/c3ccc[nH]3)C2=O)CC1. The molecule has 0 unspecified atom stereocenters. The number of thioether (sulfide) groups is 1. The summed E-state index contributed by atoms with van der Waals surface area (Å²) in [6.45, 7) is 3.41. The zero-order valence-electron chi connectivity index (χ0n) is 12.9. The van der Waals surface area contributed by atoms with E-state index >= 15 is 0 Å². The molecule has 0 spiro atoms. The van der Waals surface area contributed by atoms with Gasteiger partial charge in [-0.15, -0.1) is 0 Å². The van der Waals surface area contributed by atoms with Crippen LogP contribution in [0.1, 0.15) is 25.5 Å². The summed E-state index contributed by atoms with van der Waals surface area (Å²) in [6.07, 6.45) is 5.33. The summed E-state index contributed by atoms with van der Waals surface area (Å²) in [4.78, 5) is 42.8. The third kappa shape index (κ3) is 3.50. The lowest BCUT2D eigenvalue weighted by Crippen LogP contribution is -2.45. The first-order valence-corrected chi connectivity index (χ1v) is 8.53. The van der Waals surface area contributed by atoms with Crippen LogP contribution < -0.4 is 0 Å². The molecule has 2 aliphatic rings. The largest absolute Gasteiger partial charge is 0.362 e. The Hall–Kier alpha value is -2.02. The van der Waals surface area contributed by atoms with Crippen LogP contribution in [0.4, 0.5) is 4.79 Å². The zero-order valence-corrected chi connectivity index (χ0v) is 13.8. The lowest BCUT2D eigenvalue weighted by Gasteiger charge is -2.31. The maximum atomic E-state index is 12.3. The normalized spacial score (nSPS) is 21.5. The molecule has 3 heterocycles. The lowest BCUT2D eigenvalue weighted by atomic mass is 9.99. The van der Waals surface area contributed by atoms with Crippen LogP contribution in [0.2, 0.25) is 0 Å². The van der Waals surface area contributed by atoms with E-state index in [1.807, 2.05) is 12.1 Å². The molecule has 0 atom stereocenters. The Morgan fingerprint density at radius 2 is 2.13 bits per heavy atom. The second-order valence-electron chi connectivity index (χ2n) is 5.96. The van der Waals surface area contributed by atoms with Crippen LogP contribution in [-0.4, -0.2) is 51.5 Å². The molecule has 0 aliphatic carbocycles. The van der Waals surface area contributed by atoms with Crippen molar-refractivity contribution in [3.63, 3.8) is 0 Å². The van der Waals surface area contributed by atoms with Crippen molar-refractivity contribution in [3.8, 4) is 0 Å². The van der Waals surface area contributed by atoms with E-state index in [1.54, 1.807) is 17.2 Å². The third-order valence-electron chi connectivity index (χ3n) is 4.21. The Kier molecular flexibility index (Phi) is 4.56. The molecular weight excluding hydrogens is 314 g/mol. The minimum atomic E-state index is -0.395. The molecule has 23 heavy (non-hydrogen) atoms. The van der Waals surface area contributed by atoms with Gasteiger partial charge in [0.05, 0.1) is 4.91 Å². The van der Waals surface area contributed by atoms with Gasteiger partial charge < -0.3 is 9.88 Å². The smallest absolute Gasteiger partial charge is 0.294 e. The summed E-state index contributed by atoms with van der Waals surface area (Å²) >= 11 is 0.877. The van der Waals surface area contributed by atoms with Crippen molar-refractivity contribution in [2.75, 3.05) is 19.6 Å². The fourth-order valence-electron chi connectivity index (χ4n) is 2.70. The van der Waals surface area contributed by atoms with Gasteiger partial charge >= 0.3 is 0 Å². The number of H-pyrrole nitrogens is 1. The highest BCUT2D eigenvalue weighted by atomic mass is 32.2. The van der Waals surface area contributed by atoms with Crippen LogP contribution in [0, 0.1) is 5.92 Å². The van der Waals surface area contributed by atoms with Gasteiger partial charge in [-0.2, -0.15) is 0 Å². The molecule has 1 aromatic rings. The summed E-state index contributed by atoms with van der Waals surface area (Å²) < 4.78 is 0. The van der Waals surface area contributed by atoms with E-state index in [0.717, 1.165) is 35.2 Å². The summed E-state index contributed by atoms with van der Waals surface area (Å²) in [5, 5.41) is -0.383. The topological polar surface area (TPSA) is 73.5 Å². The summed E-state index contributed by atoms with van der Waals surface area (Å²) in [6, 6.07) is 3.63. The number of nitrogens with one attached hydrogen (secondary N) is 1. The number of piperidine rings is 1. The van der Waals surface area contributed by atoms with Crippen LogP contribution in [0.3, 0.4) is 0 Å². The molecule has 7 heteroatoms. The van der Waals surface area contributed by atoms with Crippen LogP contribution >= 0.6 is 11.8 Å². The van der Waals surface area contributed by atoms with Crippen LogP contribution in [0.5, 0.6) is 0 Å². The van der Waals surface area contributed by atoms with E-state index in [9.17, 15) is 14.4 Å². The van der Waals surface area contributed by atoms with Crippen molar-refractivity contribution in [1.29, 1.82) is 0 Å². The zero-order chi connectivity index (χ0) is 16.4. The van der Waals surface area contributed by atoms with Gasteiger partial charge in [0.2, 0.25) is 5.91 Å². The number of aromatic nitrogens is 1. The average Bonchev–Trinajstić information content (AvgIpc) is 3.12. The summed E-state index contributed by atoms with van der Waals surface area (Å²) in [5.74, 6) is 0.0774. The number of hydrogen-bond donors (Lipinski definition) is 1. The highest BCUT2D eigenvalue weighted by molar-refractivity contribution is 8.18. The van der Waals surface area contributed by atoms with E-state index in [-0.39, 0.29) is 17.7 Å². The number of hydrogen-bond acceptors (Lipinski definition) is 4. The number of aromatic amines is 1. The first kappa shape index (κ1) is 15.9. The minimum Gasteiger partial charge on any atom is -0.362 e. The average molecular weight is 333 g/mol. The van der Waals surface area contributed by atoms with Crippen molar-refractivity contribution < 1.29 is 14.4 Å². The number of rotatable bonds is 3. The van der Waals surface area contributed by atoms with E-state index in [1.165, 1.54) is 0 Å². The molecule has 0 aromatic carbocycles. The Balaban J connectivity index is 1.65. The minimum absolute atomic E-state index is 0.152. The van der Waals surface area contributed by atoms with Gasteiger partial charge in [0.1, 0.15) is 6.54 Å². The van der Waals surface area contributed by atoms with Crippen molar-refractivity contribution in [2.45, 2.75) is 19.8 Å². The van der Waals surface area contributed by atoms with E-state index < -0.39 is 5.91 Å². The van der Waals surface area contributed by atoms with Crippen LogP contribution in [0.25, 0.3) is 6.08 Å². The molecule has 1 N–H and O–H groups in total. The number of carbonyl (C=O) groups excluding carboxylic acids is 3. The van der Waals surface area contributed by atoms with E-state index in [4.69, 9.17) is 0 Å². The molecule has 2 fully saturated rings. The molecule has 0 radical (unpaired) electrons. The summed E-state index contributed by atoms with van der Waals surface area (Å²) in [5.41, 5.74) is 0.756. The highest BCUT2D eigenvalue weighted by Gasteiger charge is 2.37. The van der Waals surface area contributed by atoms with Gasteiger partial charge in [-0.05, 0) is 48.7 Å². The van der Waals surface area contributed by atoms with Crippen LogP contribution in [0.15, 0.2) is 23.2 Å². The molecule has 122 valence electrons. The quantitative estimate of drug-likeness (QED) is 0.862. The lowest BCUT2D eigenvalue weighted by molar-refractivity contribution is -0.136. The maximum Gasteiger partial charge on any atom is 0.294 e. The molecule has 3 rings (SSSR count). The third-order valence-corrected chi connectivity index (χ3v) is 5.12. The Bertz CT molecular complexity index is 646. The predicted molar refractivity (Wildman–Crippen MR) is 88.4 cm³/mol. The Morgan fingerprint density at radius 1 is 1.39 bits per heavy atom. The fourth-order valence-corrected chi connectivity index (χ4v) is 3.53. The summed E-state index contributed by atoms with van der Waals surface area (Å²) in [7, 11) is 0. The van der Waals surface area contributed by atoms with Crippen molar-refractivity contribution >= 4 is 34.9 Å². The van der Waals surface area contributed by atoms with Gasteiger partial charge in [-0.25, -0.2) is 0 Å². The first-order valence-electron chi connectivity index (χ1n) is 7.71. The number of nitrogens with zero attached hydrogens (tertiary/aromatic N) is 2. The van der Waals surface area contributed by atoms with Crippen molar-refractivity contribution in [1.82, 2.24) is 14.8 Å². The molecule has 2 saturated heterocycles. The van der Waals surface area contributed by atoms with Gasteiger partial charge in [-0.1, -0.05) is 6.92 Å². The fraction of sp³-hybridized carbons (Fsp3) is 0.438. The Labute approximate surface area is 138 Å². The highest BCUT2D eigenvalue weighted by Crippen LogP contribution is 2.32. The molecule has 3 amide bonds. The molecule has 0 saturated carbocycles. The number of imide groups is 1.